The first-order chi connectivity index (χ1) is 25.4. The summed E-state index contributed by atoms with van der Waals surface area (Å²) in [5.41, 5.74) is 8.56. The van der Waals surface area contributed by atoms with Crippen LogP contribution in [0.2, 0.25) is 0 Å². The van der Waals surface area contributed by atoms with Crippen molar-refractivity contribution < 1.29 is 35.9 Å². The van der Waals surface area contributed by atoms with Crippen molar-refractivity contribution in [3.05, 3.63) is 118 Å². The van der Waals surface area contributed by atoms with Gasteiger partial charge >= 0.3 is 11.9 Å². The van der Waals surface area contributed by atoms with E-state index in [1.165, 1.54) is 47.6 Å². The number of nitrogens with zero attached hydrogens (tertiary/aromatic N) is 3. The van der Waals surface area contributed by atoms with Crippen molar-refractivity contribution in [1.82, 2.24) is 9.97 Å². The lowest BCUT2D eigenvalue weighted by Crippen LogP contribution is -2.33. The summed E-state index contributed by atoms with van der Waals surface area (Å²) in [6.07, 6.45) is 8.99. The number of anilines is 2. The molecule has 4 aromatic rings. The van der Waals surface area contributed by atoms with Gasteiger partial charge in [0.1, 0.15) is 0 Å². The number of esters is 2. The smallest absolute Gasteiger partial charge is 0.339 e. The molecular formula is C38H45BrN4O8S2. The van der Waals surface area contributed by atoms with E-state index in [0.29, 0.717) is 22.2 Å². The fraction of sp³-hybridized carbons (Fsp3) is 0.368. The lowest BCUT2D eigenvalue weighted by Gasteiger charge is -2.26. The second kappa shape index (κ2) is 19.1. The number of nitrogens with one attached hydrogen (secondary N) is 1. The van der Waals surface area contributed by atoms with Crippen molar-refractivity contribution >= 4 is 59.3 Å². The van der Waals surface area contributed by atoms with Crippen LogP contribution in [0.5, 0.6) is 0 Å². The van der Waals surface area contributed by atoms with Gasteiger partial charge in [-0.05, 0) is 111 Å². The summed E-state index contributed by atoms with van der Waals surface area (Å²) in [6.45, 7) is 3.42. The van der Waals surface area contributed by atoms with Gasteiger partial charge in [0.2, 0.25) is 20.0 Å². The topological polar surface area (TPSA) is 162 Å². The first kappa shape index (κ1) is 41.4. The molecule has 15 heteroatoms. The monoisotopic (exact) mass is 828 g/mol. The number of fused-ring (bicyclic) bond motifs is 2. The molecule has 53 heavy (non-hydrogen) atoms. The summed E-state index contributed by atoms with van der Waals surface area (Å²) in [7, 11) is -3.95. The minimum absolute atomic E-state index is 0.0108. The number of ether oxygens (including phenoxy) is 2. The van der Waals surface area contributed by atoms with Gasteiger partial charge in [0.15, 0.2) is 0 Å². The summed E-state index contributed by atoms with van der Waals surface area (Å²) in [6, 6.07) is 18.4. The molecule has 0 unspecified atom stereocenters. The van der Waals surface area contributed by atoms with E-state index in [4.69, 9.17) is 0 Å². The van der Waals surface area contributed by atoms with Crippen LogP contribution in [0, 0.1) is 0 Å². The molecule has 6 rings (SSSR count). The van der Waals surface area contributed by atoms with Crippen LogP contribution in [-0.4, -0.2) is 64.5 Å². The Labute approximate surface area is 320 Å². The van der Waals surface area contributed by atoms with E-state index >= 15 is 0 Å². The number of methoxy groups -OCH3 is 2. The lowest BCUT2D eigenvalue weighted by molar-refractivity contribution is 0.0591. The third-order valence-corrected chi connectivity index (χ3v) is 12.4. The van der Waals surface area contributed by atoms with Gasteiger partial charge in [-0.25, -0.2) is 26.4 Å². The van der Waals surface area contributed by atoms with Crippen LogP contribution in [0.15, 0.2) is 73.1 Å². The molecule has 0 bridgehead atoms. The minimum atomic E-state index is -3.46. The Bertz CT molecular complexity index is 2090. The maximum absolute atomic E-state index is 12.7. The van der Waals surface area contributed by atoms with Gasteiger partial charge in [-0.1, -0.05) is 40.2 Å². The van der Waals surface area contributed by atoms with Crippen molar-refractivity contribution in [2.45, 2.75) is 64.2 Å². The highest BCUT2D eigenvalue weighted by Crippen LogP contribution is 2.34. The Balaban J connectivity index is 0.000000196. The van der Waals surface area contributed by atoms with Gasteiger partial charge in [0.05, 0.1) is 66.2 Å². The number of halogens is 1. The lowest BCUT2D eigenvalue weighted by atomic mass is 10.1. The number of alkyl halides is 1. The second-order valence-electron chi connectivity index (χ2n) is 12.2. The maximum Gasteiger partial charge on any atom is 0.339 e. The van der Waals surface area contributed by atoms with E-state index in [9.17, 15) is 26.4 Å². The Hall–Kier alpha value is -4.34. The zero-order valence-corrected chi connectivity index (χ0v) is 33.5. The number of rotatable bonds is 11. The molecule has 0 atom stereocenters. The Morgan fingerprint density at radius 2 is 1.28 bits per heavy atom. The van der Waals surface area contributed by atoms with E-state index in [1.807, 2.05) is 24.3 Å². The van der Waals surface area contributed by atoms with Crippen LogP contribution in [0.25, 0.3) is 0 Å². The van der Waals surface area contributed by atoms with Crippen molar-refractivity contribution in [2.24, 2.45) is 0 Å². The van der Waals surface area contributed by atoms with E-state index in [2.05, 4.69) is 52.2 Å². The summed E-state index contributed by atoms with van der Waals surface area (Å²) < 4.78 is 61.7. The number of aromatic nitrogens is 2. The van der Waals surface area contributed by atoms with Crippen LogP contribution in [-0.2, 0) is 67.1 Å². The van der Waals surface area contributed by atoms with Gasteiger partial charge < -0.3 is 9.47 Å². The van der Waals surface area contributed by atoms with Gasteiger partial charge in [-0.2, -0.15) is 0 Å². The fourth-order valence-corrected chi connectivity index (χ4v) is 8.04. The van der Waals surface area contributed by atoms with Gasteiger partial charge in [0.25, 0.3) is 0 Å². The molecule has 284 valence electrons. The van der Waals surface area contributed by atoms with E-state index in [0.717, 1.165) is 61.2 Å². The van der Waals surface area contributed by atoms with Crippen LogP contribution in [0.3, 0.4) is 0 Å². The van der Waals surface area contributed by atoms with Crippen molar-refractivity contribution in [2.75, 3.05) is 34.8 Å². The average molecular weight is 830 g/mol. The molecule has 0 aliphatic heterocycles. The Kier molecular flexibility index (Phi) is 14.9. The molecular weight excluding hydrogens is 784 g/mol. The molecule has 1 N–H and O–H groups in total. The largest absolute Gasteiger partial charge is 0.465 e. The minimum Gasteiger partial charge on any atom is -0.465 e. The Morgan fingerprint density at radius 1 is 0.736 bits per heavy atom. The highest BCUT2D eigenvalue weighted by molar-refractivity contribution is 9.08. The molecule has 2 aromatic heterocycles. The normalized spacial score (nSPS) is 12.9. The zero-order valence-electron chi connectivity index (χ0n) is 30.3. The molecule has 0 amide bonds. The number of benzene rings is 2. The molecule has 0 radical (unpaired) electrons. The zero-order chi connectivity index (χ0) is 38.6. The first-order valence-corrected chi connectivity index (χ1v) is 21.6. The van der Waals surface area contributed by atoms with Crippen molar-refractivity contribution in [3.8, 4) is 0 Å². The SMILES string of the molecule is CCS(=O)(=O)N(Cc1ccc(C(=O)OC)cn1)c1cccc2c1CCC2.CCS(=O)(=O)Nc1cccc2c1CCC2.COC(=O)c1ccc(CBr)nc1. The summed E-state index contributed by atoms with van der Waals surface area (Å²) in [5.74, 6) is -0.695. The summed E-state index contributed by atoms with van der Waals surface area (Å²) >= 11 is 3.26. The van der Waals surface area contributed by atoms with Crippen LogP contribution >= 0.6 is 15.9 Å². The molecule has 0 fully saturated rings. The van der Waals surface area contributed by atoms with E-state index < -0.39 is 26.0 Å². The van der Waals surface area contributed by atoms with Crippen LogP contribution in [0.4, 0.5) is 11.4 Å². The number of carbonyl (C=O) groups excluding carboxylic acids is 2. The maximum atomic E-state index is 12.7. The summed E-state index contributed by atoms with van der Waals surface area (Å²) in [4.78, 5) is 30.7. The highest BCUT2D eigenvalue weighted by atomic mass is 79.9. The Morgan fingerprint density at radius 3 is 1.79 bits per heavy atom. The molecule has 0 saturated carbocycles. The van der Waals surface area contributed by atoms with E-state index in [-0.39, 0.29) is 24.0 Å². The van der Waals surface area contributed by atoms with Gasteiger partial charge in [-0.3, -0.25) is 19.0 Å². The molecule has 2 heterocycles. The summed E-state index contributed by atoms with van der Waals surface area (Å²) in [5, 5.41) is 0.689. The van der Waals surface area contributed by atoms with Gasteiger partial charge in [0, 0.05) is 17.7 Å². The molecule has 0 spiro atoms. The molecule has 2 aliphatic carbocycles. The quantitative estimate of drug-likeness (QED) is 0.132. The molecule has 2 aromatic carbocycles. The molecule has 12 nitrogen and oxygen atoms in total. The highest BCUT2D eigenvalue weighted by Gasteiger charge is 2.26. The fourth-order valence-electron chi connectivity index (χ4n) is 5.92. The van der Waals surface area contributed by atoms with Crippen molar-refractivity contribution in [3.63, 3.8) is 0 Å². The number of hydrogen-bond acceptors (Lipinski definition) is 10. The number of sulfonamides is 2. The predicted octanol–water partition coefficient (Wildman–Crippen LogP) is 6.41. The van der Waals surface area contributed by atoms with E-state index in [1.54, 1.807) is 38.1 Å². The molecule has 0 saturated heterocycles. The first-order valence-electron chi connectivity index (χ1n) is 17.2. The number of carbonyl (C=O) groups is 2. The number of hydrogen-bond donors (Lipinski definition) is 1. The number of pyridine rings is 2. The molecule has 2 aliphatic rings. The second-order valence-corrected chi connectivity index (χ2v) is 16.9. The third-order valence-electron chi connectivity index (χ3n) is 8.82. The third kappa shape index (κ3) is 11.1. The predicted molar refractivity (Wildman–Crippen MR) is 209 cm³/mol. The van der Waals surface area contributed by atoms with Crippen LogP contribution in [0.1, 0.15) is 81.0 Å². The number of aryl methyl sites for hydroxylation is 2. The standard InChI is InChI=1S/C19H22N2O4S.C11H15NO2S.C8H8BrNO2/c1-3-26(23,24)21(18-9-5-7-14-6-4-8-17(14)18)13-16-11-10-15(12-20-16)19(22)25-2;1-2-15(13,14)12-11-8-4-6-9-5-3-7-10(9)11;1-12-8(11)6-2-3-7(4-9)10-5-6/h5,7,9-12H,3-4,6,8,13H2,1-2H3;4,6,8,12H,2-3,5,7H2,1H3;2-3,5H,4H2,1H3. The van der Waals surface area contributed by atoms with Gasteiger partial charge in [-0.15, -0.1) is 0 Å². The van der Waals surface area contributed by atoms with Crippen molar-refractivity contribution in [1.29, 1.82) is 0 Å². The average Bonchev–Trinajstić information content (AvgIpc) is 3.88. The van der Waals surface area contributed by atoms with Crippen LogP contribution < -0.4 is 9.03 Å².